The van der Waals surface area contributed by atoms with Crippen molar-refractivity contribution in [3.05, 3.63) is 77.4 Å². The van der Waals surface area contributed by atoms with Gasteiger partial charge < -0.3 is 14.4 Å². The zero-order valence-corrected chi connectivity index (χ0v) is 21.5. The summed E-state index contributed by atoms with van der Waals surface area (Å²) in [7, 11) is 2.13. The monoisotopic (exact) mass is 484 g/mol. The first-order valence-corrected chi connectivity index (χ1v) is 13.2. The lowest BCUT2D eigenvalue weighted by molar-refractivity contribution is -0.144. The maximum Gasteiger partial charge on any atom is 0.306 e. The van der Waals surface area contributed by atoms with E-state index in [9.17, 15) is 9.59 Å². The quantitative estimate of drug-likeness (QED) is 0.297. The Kier molecular flexibility index (Phi) is 7.10. The Bertz CT molecular complexity index is 1240. The first kappa shape index (κ1) is 24.5. The highest BCUT2D eigenvalue weighted by molar-refractivity contribution is 5.92. The van der Waals surface area contributed by atoms with Gasteiger partial charge in [-0.05, 0) is 53.3 Å². The molecule has 0 spiro atoms. The highest BCUT2D eigenvalue weighted by Crippen LogP contribution is 2.48. The summed E-state index contributed by atoms with van der Waals surface area (Å²) in [5, 5.41) is 2.80. The average Bonchev–Trinajstić information content (AvgIpc) is 3.20. The van der Waals surface area contributed by atoms with Crippen molar-refractivity contribution in [1.29, 1.82) is 0 Å². The molecule has 5 nitrogen and oxygen atoms in total. The van der Waals surface area contributed by atoms with Crippen LogP contribution in [0.15, 0.2) is 60.7 Å². The van der Waals surface area contributed by atoms with E-state index in [0.29, 0.717) is 24.6 Å². The SMILES string of the molecule is CCOC(=O)CC(C=O)c1ccccc1N(C)C1CCN([C@H]2c3cccc4cccc(c34)[C@H]2C)CC1. The summed E-state index contributed by atoms with van der Waals surface area (Å²) in [6.07, 6.45) is 3.08. The number of anilines is 1. The van der Waals surface area contributed by atoms with Gasteiger partial charge in [-0.15, -0.1) is 0 Å². The average molecular weight is 485 g/mol. The topological polar surface area (TPSA) is 49.9 Å². The number of aldehydes is 1. The number of nitrogens with zero attached hydrogens (tertiary/aromatic N) is 2. The Hall–Kier alpha value is -3.18. The van der Waals surface area contributed by atoms with Gasteiger partial charge in [0.15, 0.2) is 0 Å². The second-order valence-corrected chi connectivity index (χ2v) is 10.2. The van der Waals surface area contributed by atoms with Crippen LogP contribution in [0.1, 0.15) is 67.7 Å². The highest BCUT2D eigenvalue weighted by Gasteiger charge is 2.37. The van der Waals surface area contributed by atoms with Crippen molar-refractivity contribution in [1.82, 2.24) is 4.90 Å². The molecule has 0 saturated carbocycles. The van der Waals surface area contributed by atoms with Crippen LogP contribution < -0.4 is 4.90 Å². The number of benzene rings is 3. The van der Waals surface area contributed by atoms with Gasteiger partial charge in [0.05, 0.1) is 18.9 Å². The Morgan fingerprint density at radius 3 is 2.44 bits per heavy atom. The molecule has 2 aliphatic rings. The van der Waals surface area contributed by atoms with Gasteiger partial charge in [-0.3, -0.25) is 9.69 Å². The molecule has 36 heavy (non-hydrogen) atoms. The van der Waals surface area contributed by atoms with Gasteiger partial charge in [-0.25, -0.2) is 0 Å². The van der Waals surface area contributed by atoms with Gasteiger partial charge in [0.2, 0.25) is 0 Å². The Morgan fingerprint density at radius 1 is 1.06 bits per heavy atom. The lowest BCUT2D eigenvalue weighted by atomic mass is 9.92. The highest BCUT2D eigenvalue weighted by atomic mass is 16.5. The maximum absolute atomic E-state index is 12.1. The van der Waals surface area contributed by atoms with E-state index in [-0.39, 0.29) is 12.4 Å². The minimum atomic E-state index is -0.499. The third-order valence-corrected chi connectivity index (χ3v) is 8.26. The minimum absolute atomic E-state index is 0.0757. The Morgan fingerprint density at radius 2 is 1.75 bits per heavy atom. The largest absolute Gasteiger partial charge is 0.466 e. The predicted molar refractivity (Wildman–Crippen MR) is 145 cm³/mol. The molecule has 0 aromatic heterocycles. The van der Waals surface area contributed by atoms with Crippen molar-refractivity contribution in [2.24, 2.45) is 0 Å². The molecule has 3 atom stereocenters. The molecule has 5 rings (SSSR count). The number of esters is 1. The van der Waals surface area contributed by atoms with Gasteiger partial charge in [-0.1, -0.05) is 61.5 Å². The third-order valence-electron chi connectivity index (χ3n) is 8.26. The molecule has 1 heterocycles. The molecule has 1 saturated heterocycles. The second kappa shape index (κ2) is 10.4. The van der Waals surface area contributed by atoms with Gasteiger partial charge in [0, 0.05) is 43.8 Å². The van der Waals surface area contributed by atoms with Crippen LogP contribution in [0.25, 0.3) is 10.8 Å². The smallest absolute Gasteiger partial charge is 0.306 e. The number of ether oxygens (including phenoxy) is 1. The summed E-state index contributed by atoms with van der Waals surface area (Å²) in [4.78, 5) is 29.1. The summed E-state index contributed by atoms with van der Waals surface area (Å²) in [5.41, 5.74) is 4.88. The summed E-state index contributed by atoms with van der Waals surface area (Å²) in [5.74, 6) is -0.347. The number of piperidine rings is 1. The Labute approximate surface area is 214 Å². The van der Waals surface area contributed by atoms with E-state index in [1.54, 1.807) is 6.92 Å². The van der Waals surface area contributed by atoms with Crippen LogP contribution in [0.5, 0.6) is 0 Å². The van der Waals surface area contributed by atoms with Gasteiger partial charge in [-0.2, -0.15) is 0 Å². The molecule has 0 amide bonds. The molecule has 1 unspecified atom stereocenters. The lowest BCUT2D eigenvalue weighted by Crippen LogP contribution is -2.45. The van der Waals surface area contributed by atoms with E-state index in [0.717, 1.165) is 43.5 Å². The van der Waals surface area contributed by atoms with E-state index < -0.39 is 5.92 Å². The maximum atomic E-state index is 12.1. The van der Waals surface area contributed by atoms with Crippen molar-refractivity contribution >= 4 is 28.7 Å². The summed E-state index contributed by atoms with van der Waals surface area (Å²) >= 11 is 0. The number of carbonyl (C=O) groups excluding carboxylic acids is 2. The molecule has 1 aliphatic heterocycles. The molecule has 0 radical (unpaired) electrons. The first-order chi connectivity index (χ1) is 17.5. The lowest BCUT2D eigenvalue weighted by Gasteiger charge is -2.42. The standard InChI is InChI=1S/C31H36N2O3/c1-4-36-29(35)19-23(20-34)26-11-5-6-14-28(26)32(3)24-15-17-33(18-16-24)31-21(2)25-12-7-9-22-10-8-13-27(31)30(22)25/h5-14,20-21,23-24,31H,4,15-19H2,1-3H3/t21-,23?,31-/m1/s1. The number of rotatable bonds is 8. The van der Waals surface area contributed by atoms with Crippen molar-refractivity contribution in [3.63, 3.8) is 0 Å². The molecular formula is C31H36N2O3. The summed E-state index contributed by atoms with van der Waals surface area (Å²) in [6.45, 7) is 6.56. The molecule has 3 aromatic carbocycles. The van der Waals surface area contributed by atoms with E-state index in [4.69, 9.17) is 4.74 Å². The van der Waals surface area contributed by atoms with Crippen LogP contribution in [0.2, 0.25) is 0 Å². The van der Waals surface area contributed by atoms with Crippen LogP contribution in [-0.4, -0.2) is 49.9 Å². The molecule has 3 aromatic rings. The van der Waals surface area contributed by atoms with Crippen LogP contribution in [0.3, 0.4) is 0 Å². The zero-order valence-electron chi connectivity index (χ0n) is 21.5. The molecule has 188 valence electrons. The predicted octanol–water partition coefficient (Wildman–Crippen LogP) is 5.83. The van der Waals surface area contributed by atoms with E-state index in [2.05, 4.69) is 66.2 Å². The molecule has 1 fully saturated rings. The number of hydrogen-bond donors (Lipinski definition) is 0. The summed E-state index contributed by atoms with van der Waals surface area (Å²) in [6, 6.07) is 22.3. The number of carbonyl (C=O) groups is 2. The van der Waals surface area contributed by atoms with Crippen LogP contribution >= 0.6 is 0 Å². The van der Waals surface area contributed by atoms with E-state index in [1.165, 1.54) is 21.9 Å². The minimum Gasteiger partial charge on any atom is -0.466 e. The molecule has 1 aliphatic carbocycles. The Balaban J connectivity index is 1.31. The fourth-order valence-electron chi connectivity index (χ4n) is 6.48. The van der Waals surface area contributed by atoms with Crippen molar-refractivity contribution in [3.8, 4) is 0 Å². The molecular weight excluding hydrogens is 448 g/mol. The van der Waals surface area contributed by atoms with Crippen molar-refractivity contribution in [2.45, 2.75) is 57.0 Å². The molecule has 0 N–H and O–H groups in total. The first-order valence-electron chi connectivity index (χ1n) is 13.2. The normalized spacial score (nSPS) is 20.9. The van der Waals surface area contributed by atoms with Crippen molar-refractivity contribution in [2.75, 3.05) is 31.6 Å². The molecule has 5 heteroatoms. The number of likely N-dealkylation sites (tertiary alicyclic amines) is 1. The van der Waals surface area contributed by atoms with Gasteiger partial charge >= 0.3 is 5.97 Å². The second-order valence-electron chi connectivity index (χ2n) is 10.2. The summed E-state index contributed by atoms with van der Waals surface area (Å²) < 4.78 is 5.11. The van der Waals surface area contributed by atoms with Crippen LogP contribution in [-0.2, 0) is 14.3 Å². The van der Waals surface area contributed by atoms with Crippen molar-refractivity contribution < 1.29 is 14.3 Å². The van der Waals surface area contributed by atoms with Crippen LogP contribution in [0.4, 0.5) is 5.69 Å². The van der Waals surface area contributed by atoms with E-state index >= 15 is 0 Å². The zero-order chi connectivity index (χ0) is 25.2. The fraction of sp³-hybridized carbons (Fsp3) is 0.419. The number of para-hydroxylation sites is 1. The fourth-order valence-corrected chi connectivity index (χ4v) is 6.48. The molecule has 0 bridgehead atoms. The number of hydrogen-bond acceptors (Lipinski definition) is 5. The van der Waals surface area contributed by atoms with Gasteiger partial charge in [0.1, 0.15) is 6.29 Å². The van der Waals surface area contributed by atoms with Crippen LogP contribution in [0, 0.1) is 0 Å². The van der Waals surface area contributed by atoms with E-state index in [1.807, 2.05) is 18.2 Å². The third kappa shape index (κ3) is 4.41. The van der Waals surface area contributed by atoms with Gasteiger partial charge in [0.25, 0.3) is 0 Å².